The SMILES string of the molecule is O=C(c1ccc(-n2ccnc2)cc1)N1CCCC2(CCOCC2)C1. The van der Waals surface area contributed by atoms with Gasteiger partial charge in [0.05, 0.1) is 6.33 Å². The van der Waals surface area contributed by atoms with Crippen LogP contribution in [0.3, 0.4) is 0 Å². The largest absolute Gasteiger partial charge is 0.381 e. The van der Waals surface area contributed by atoms with Gasteiger partial charge >= 0.3 is 0 Å². The Labute approximate surface area is 142 Å². The number of aromatic nitrogens is 2. The smallest absolute Gasteiger partial charge is 0.253 e. The van der Waals surface area contributed by atoms with Gasteiger partial charge < -0.3 is 14.2 Å². The van der Waals surface area contributed by atoms with Crippen LogP contribution in [0.2, 0.25) is 0 Å². The molecule has 0 N–H and O–H groups in total. The Morgan fingerprint density at radius 2 is 1.92 bits per heavy atom. The van der Waals surface area contributed by atoms with Gasteiger partial charge in [0, 0.05) is 49.9 Å². The molecule has 2 saturated heterocycles. The molecule has 126 valence electrons. The average molecular weight is 325 g/mol. The fourth-order valence-electron chi connectivity index (χ4n) is 3.96. The van der Waals surface area contributed by atoms with Gasteiger partial charge in [0.15, 0.2) is 0 Å². The third-order valence-electron chi connectivity index (χ3n) is 5.42. The molecule has 2 aliphatic rings. The second kappa shape index (κ2) is 6.40. The van der Waals surface area contributed by atoms with Crippen molar-refractivity contribution in [2.24, 2.45) is 5.41 Å². The van der Waals surface area contributed by atoms with E-state index in [4.69, 9.17) is 4.74 Å². The summed E-state index contributed by atoms with van der Waals surface area (Å²) in [6.45, 7) is 3.41. The van der Waals surface area contributed by atoms with E-state index in [0.717, 1.165) is 56.8 Å². The number of imidazole rings is 1. The van der Waals surface area contributed by atoms with E-state index in [9.17, 15) is 4.79 Å². The van der Waals surface area contributed by atoms with Gasteiger partial charge in [-0.2, -0.15) is 0 Å². The number of likely N-dealkylation sites (tertiary alicyclic amines) is 1. The fourth-order valence-corrected chi connectivity index (χ4v) is 3.96. The Hall–Kier alpha value is -2.14. The molecule has 2 aliphatic heterocycles. The van der Waals surface area contributed by atoms with Crippen molar-refractivity contribution >= 4 is 5.91 Å². The predicted molar refractivity (Wildman–Crippen MR) is 91.2 cm³/mol. The molecule has 1 spiro atoms. The summed E-state index contributed by atoms with van der Waals surface area (Å²) in [5.74, 6) is 0.151. The molecule has 4 rings (SSSR count). The van der Waals surface area contributed by atoms with Gasteiger partial charge in [0.25, 0.3) is 5.91 Å². The second-order valence-electron chi connectivity index (χ2n) is 6.96. The maximum absolute atomic E-state index is 12.9. The van der Waals surface area contributed by atoms with Crippen molar-refractivity contribution in [2.75, 3.05) is 26.3 Å². The number of rotatable bonds is 2. The molecule has 5 heteroatoms. The van der Waals surface area contributed by atoms with Crippen molar-refractivity contribution in [1.29, 1.82) is 0 Å². The van der Waals surface area contributed by atoms with Crippen LogP contribution in [0.25, 0.3) is 5.69 Å². The first-order valence-electron chi connectivity index (χ1n) is 8.71. The van der Waals surface area contributed by atoms with Gasteiger partial charge in [-0.15, -0.1) is 0 Å². The summed E-state index contributed by atoms with van der Waals surface area (Å²) in [6.07, 6.45) is 9.89. The van der Waals surface area contributed by atoms with Gasteiger partial charge in [0.2, 0.25) is 0 Å². The van der Waals surface area contributed by atoms with Crippen LogP contribution in [0.5, 0.6) is 0 Å². The molecule has 3 heterocycles. The lowest BCUT2D eigenvalue weighted by molar-refractivity contribution is -0.0229. The quantitative estimate of drug-likeness (QED) is 0.853. The summed E-state index contributed by atoms with van der Waals surface area (Å²) in [5, 5.41) is 0. The van der Waals surface area contributed by atoms with E-state index < -0.39 is 0 Å². The number of hydrogen-bond acceptors (Lipinski definition) is 3. The summed E-state index contributed by atoms with van der Waals surface area (Å²) < 4.78 is 7.45. The predicted octanol–water partition coefficient (Wildman–Crippen LogP) is 2.91. The molecular formula is C19H23N3O2. The Bertz CT molecular complexity index is 682. The normalized spacial score (nSPS) is 20.2. The Morgan fingerprint density at radius 1 is 1.12 bits per heavy atom. The molecule has 2 aromatic rings. The molecule has 1 aromatic heterocycles. The molecule has 0 aliphatic carbocycles. The first kappa shape index (κ1) is 15.4. The molecule has 0 bridgehead atoms. The molecule has 2 fully saturated rings. The monoisotopic (exact) mass is 325 g/mol. The van der Waals surface area contributed by atoms with Gasteiger partial charge in [0.1, 0.15) is 0 Å². The summed E-state index contributed by atoms with van der Waals surface area (Å²) in [4.78, 5) is 19.0. The third kappa shape index (κ3) is 2.96. The van der Waals surface area contributed by atoms with E-state index in [0.29, 0.717) is 0 Å². The zero-order valence-corrected chi connectivity index (χ0v) is 13.9. The van der Waals surface area contributed by atoms with Crippen molar-refractivity contribution in [3.8, 4) is 5.69 Å². The summed E-state index contributed by atoms with van der Waals surface area (Å²) in [7, 11) is 0. The Morgan fingerprint density at radius 3 is 2.62 bits per heavy atom. The minimum atomic E-state index is 0.151. The van der Waals surface area contributed by atoms with Crippen LogP contribution in [0.1, 0.15) is 36.0 Å². The molecule has 0 unspecified atom stereocenters. The van der Waals surface area contributed by atoms with Crippen LogP contribution in [0, 0.1) is 5.41 Å². The first-order valence-corrected chi connectivity index (χ1v) is 8.71. The topological polar surface area (TPSA) is 47.4 Å². The standard InChI is InChI=1S/C19H23N3O2/c23-18(16-2-4-17(5-3-16)22-11-9-20-15-22)21-10-1-6-19(14-21)7-12-24-13-8-19/h2-5,9,11,15H,1,6-8,10,12-14H2. The maximum Gasteiger partial charge on any atom is 0.253 e. The Balaban J connectivity index is 1.48. The van der Waals surface area contributed by atoms with Crippen molar-refractivity contribution in [2.45, 2.75) is 25.7 Å². The van der Waals surface area contributed by atoms with Crippen LogP contribution in [0.4, 0.5) is 0 Å². The van der Waals surface area contributed by atoms with Crippen molar-refractivity contribution in [1.82, 2.24) is 14.5 Å². The molecule has 24 heavy (non-hydrogen) atoms. The molecule has 0 radical (unpaired) electrons. The summed E-state index contributed by atoms with van der Waals surface area (Å²) in [5.41, 5.74) is 2.06. The molecule has 0 saturated carbocycles. The first-order chi connectivity index (χ1) is 11.8. The lowest BCUT2D eigenvalue weighted by atomic mass is 9.74. The van der Waals surface area contributed by atoms with Crippen molar-refractivity contribution < 1.29 is 9.53 Å². The van der Waals surface area contributed by atoms with E-state index in [-0.39, 0.29) is 11.3 Å². The van der Waals surface area contributed by atoms with Crippen LogP contribution in [-0.2, 0) is 4.74 Å². The van der Waals surface area contributed by atoms with E-state index in [2.05, 4.69) is 4.98 Å². The van der Waals surface area contributed by atoms with E-state index in [1.54, 1.807) is 12.5 Å². The zero-order chi connectivity index (χ0) is 16.4. The average Bonchev–Trinajstić information content (AvgIpc) is 3.17. The van der Waals surface area contributed by atoms with Crippen LogP contribution >= 0.6 is 0 Å². The summed E-state index contributed by atoms with van der Waals surface area (Å²) in [6, 6.07) is 7.79. The Kier molecular flexibility index (Phi) is 4.10. The van der Waals surface area contributed by atoms with Gasteiger partial charge in [-0.25, -0.2) is 4.98 Å². The van der Waals surface area contributed by atoms with Crippen molar-refractivity contribution in [3.63, 3.8) is 0 Å². The molecule has 1 amide bonds. The number of carbonyl (C=O) groups is 1. The van der Waals surface area contributed by atoms with Crippen LogP contribution < -0.4 is 0 Å². The van der Waals surface area contributed by atoms with Crippen LogP contribution in [0.15, 0.2) is 43.0 Å². The van der Waals surface area contributed by atoms with Gasteiger partial charge in [-0.1, -0.05) is 0 Å². The van der Waals surface area contributed by atoms with E-state index in [1.807, 2.05) is 39.9 Å². The number of amides is 1. The highest BCUT2D eigenvalue weighted by Gasteiger charge is 2.38. The van der Waals surface area contributed by atoms with Gasteiger partial charge in [-0.3, -0.25) is 4.79 Å². The number of nitrogens with zero attached hydrogens (tertiary/aromatic N) is 3. The number of ether oxygens (including phenoxy) is 1. The fraction of sp³-hybridized carbons (Fsp3) is 0.474. The highest BCUT2D eigenvalue weighted by molar-refractivity contribution is 5.94. The lowest BCUT2D eigenvalue weighted by Gasteiger charge is -2.45. The zero-order valence-electron chi connectivity index (χ0n) is 13.9. The maximum atomic E-state index is 12.9. The molecule has 5 nitrogen and oxygen atoms in total. The minimum absolute atomic E-state index is 0.151. The van der Waals surface area contributed by atoms with E-state index >= 15 is 0 Å². The third-order valence-corrected chi connectivity index (χ3v) is 5.42. The number of piperidine rings is 1. The highest BCUT2D eigenvalue weighted by Crippen LogP contribution is 2.39. The highest BCUT2D eigenvalue weighted by atomic mass is 16.5. The molecular weight excluding hydrogens is 302 g/mol. The second-order valence-corrected chi connectivity index (χ2v) is 6.96. The van der Waals surface area contributed by atoms with Crippen molar-refractivity contribution in [3.05, 3.63) is 48.5 Å². The number of carbonyl (C=O) groups excluding carboxylic acids is 1. The summed E-state index contributed by atoms with van der Waals surface area (Å²) >= 11 is 0. The molecule has 1 aromatic carbocycles. The minimum Gasteiger partial charge on any atom is -0.381 e. The van der Waals surface area contributed by atoms with E-state index in [1.165, 1.54) is 6.42 Å². The number of hydrogen-bond donors (Lipinski definition) is 0. The molecule has 0 atom stereocenters. The lowest BCUT2D eigenvalue weighted by Crippen LogP contribution is -2.48. The van der Waals surface area contributed by atoms with Crippen LogP contribution in [-0.4, -0.2) is 46.7 Å². The van der Waals surface area contributed by atoms with Gasteiger partial charge in [-0.05, 0) is 55.4 Å². The number of benzene rings is 1.